The summed E-state index contributed by atoms with van der Waals surface area (Å²) in [4.78, 5) is 14.0. The summed E-state index contributed by atoms with van der Waals surface area (Å²) >= 11 is 0. The van der Waals surface area contributed by atoms with Gasteiger partial charge in [-0.2, -0.15) is 4.98 Å². The molecule has 0 aliphatic rings. The fourth-order valence-electron chi connectivity index (χ4n) is 2.97. The van der Waals surface area contributed by atoms with Crippen LogP contribution in [0.2, 0.25) is 0 Å². The number of benzene rings is 2. The molecule has 2 aromatic heterocycles. The average Bonchev–Trinajstić information content (AvgIpc) is 3.29. The number of nitrogens with one attached hydrogen (secondary N) is 1. The molecule has 0 aliphatic heterocycles. The first kappa shape index (κ1) is 16.2. The average molecular weight is 348 g/mol. The molecular weight excluding hydrogens is 328 g/mol. The zero-order chi connectivity index (χ0) is 17.9. The molecule has 0 saturated heterocycles. The lowest BCUT2D eigenvalue weighted by Crippen LogP contribution is -2.22. The van der Waals surface area contributed by atoms with Crippen LogP contribution in [-0.4, -0.2) is 22.1 Å². The molecule has 2 heterocycles. The van der Waals surface area contributed by atoms with E-state index in [0.29, 0.717) is 19.1 Å². The summed E-state index contributed by atoms with van der Waals surface area (Å²) in [7, 11) is 1.67. The SMILES string of the molecule is COc1cccc(CN(Cc2ccc3nc[nH]c3c2)c2nc(C)co2)c1. The van der Waals surface area contributed by atoms with E-state index in [0.717, 1.165) is 33.6 Å². The quantitative estimate of drug-likeness (QED) is 0.569. The Bertz CT molecular complexity index is 1020. The highest BCUT2D eigenvalue weighted by Crippen LogP contribution is 2.22. The Morgan fingerprint density at radius 2 is 1.96 bits per heavy atom. The second-order valence-electron chi connectivity index (χ2n) is 6.23. The van der Waals surface area contributed by atoms with E-state index in [-0.39, 0.29) is 0 Å². The molecule has 6 heteroatoms. The van der Waals surface area contributed by atoms with Crippen LogP contribution in [0.3, 0.4) is 0 Å². The number of ether oxygens (including phenoxy) is 1. The van der Waals surface area contributed by atoms with Crippen molar-refractivity contribution >= 4 is 17.0 Å². The highest BCUT2D eigenvalue weighted by atomic mass is 16.5. The molecule has 2 aromatic carbocycles. The minimum atomic E-state index is 0.607. The van der Waals surface area contributed by atoms with Crippen molar-refractivity contribution < 1.29 is 9.15 Å². The van der Waals surface area contributed by atoms with Gasteiger partial charge in [-0.1, -0.05) is 18.2 Å². The van der Waals surface area contributed by atoms with E-state index < -0.39 is 0 Å². The van der Waals surface area contributed by atoms with Crippen molar-refractivity contribution in [1.82, 2.24) is 15.0 Å². The van der Waals surface area contributed by atoms with E-state index in [9.17, 15) is 0 Å². The summed E-state index contributed by atoms with van der Waals surface area (Å²) < 4.78 is 11.0. The first-order valence-electron chi connectivity index (χ1n) is 8.43. The number of nitrogens with zero attached hydrogens (tertiary/aromatic N) is 3. The van der Waals surface area contributed by atoms with Crippen molar-refractivity contribution in [2.24, 2.45) is 0 Å². The summed E-state index contributed by atoms with van der Waals surface area (Å²) in [6, 6.07) is 14.8. The molecule has 1 N–H and O–H groups in total. The molecule has 0 fully saturated rings. The third-order valence-electron chi connectivity index (χ3n) is 4.24. The summed E-state index contributed by atoms with van der Waals surface area (Å²) in [5.41, 5.74) is 5.12. The van der Waals surface area contributed by atoms with E-state index in [4.69, 9.17) is 9.15 Å². The molecule has 0 spiro atoms. The smallest absolute Gasteiger partial charge is 0.298 e. The van der Waals surface area contributed by atoms with Crippen LogP contribution in [0.4, 0.5) is 6.01 Å². The number of H-pyrrole nitrogens is 1. The normalized spacial score (nSPS) is 11.0. The fraction of sp³-hybridized carbons (Fsp3) is 0.200. The van der Waals surface area contributed by atoms with Gasteiger partial charge < -0.3 is 19.0 Å². The Balaban J connectivity index is 1.63. The highest BCUT2D eigenvalue weighted by molar-refractivity contribution is 5.75. The minimum Gasteiger partial charge on any atom is -0.497 e. The highest BCUT2D eigenvalue weighted by Gasteiger charge is 2.15. The predicted molar refractivity (Wildman–Crippen MR) is 100 cm³/mol. The number of aromatic nitrogens is 3. The molecule has 0 bridgehead atoms. The van der Waals surface area contributed by atoms with Gasteiger partial charge in [0.15, 0.2) is 0 Å². The van der Waals surface area contributed by atoms with Crippen LogP contribution in [0.15, 0.2) is 59.5 Å². The van der Waals surface area contributed by atoms with Crippen molar-refractivity contribution in [3.8, 4) is 5.75 Å². The number of aromatic amines is 1. The number of hydrogen-bond acceptors (Lipinski definition) is 5. The number of fused-ring (bicyclic) bond motifs is 1. The Morgan fingerprint density at radius 1 is 1.12 bits per heavy atom. The first-order chi connectivity index (χ1) is 12.7. The van der Waals surface area contributed by atoms with E-state index in [1.54, 1.807) is 19.7 Å². The summed E-state index contributed by atoms with van der Waals surface area (Å²) in [5.74, 6) is 0.838. The van der Waals surface area contributed by atoms with Crippen molar-refractivity contribution in [3.05, 3.63) is 71.9 Å². The van der Waals surface area contributed by atoms with Gasteiger partial charge >= 0.3 is 0 Å². The number of anilines is 1. The number of oxazole rings is 1. The molecule has 0 amide bonds. The van der Waals surface area contributed by atoms with E-state index in [2.05, 4.69) is 38.1 Å². The van der Waals surface area contributed by atoms with Gasteiger partial charge in [0, 0.05) is 13.1 Å². The van der Waals surface area contributed by atoms with Gasteiger partial charge in [0.25, 0.3) is 6.01 Å². The van der Waals surface area contributed by atoms with Crippen LogP contribution in [0.25, 0.3) is 11.0 Å². The zero-order valence-electron chi connectivity index (χ0n) is 14.8. The summed E-state index contributed by atoms with van der Waals surface area (Å²) in [5, 5.41) is 0. The summed E-state index contributed by atoms with van der Waals surface area (Å²) in [6.07, 6.45) is 3.38. The van der Waals surface area contributed by atoms with Crippen LogP contribution in [0.5, 0.6) is 5.75 Å². The number of imidazole rings is 1. The largest absolute Gasteiger partial charge is 0.497 e. The Kier molecular flexibility index (Phi) is 4.31. The molecule has 6 nitrogen and oxygen atoms in total. The zero-order valence-corrected chi connectivity index (χ0v) is 14.8. The van der Waals surface area contributed by atoms with Gasteiger partial charge in [0.1, 0.15) is 12.0 Å². The molecule has 0 atom stereocenters. The van der Waals surface area contributed by atoms with Crippen LogP contribution in [0.1, 0.15) is 16.8 Å². The van der Waals surface area contributed by atoms with Gasteiger partial charge in [0.05, 0.1) is 30.2 Å². The van der Waals surface area contributed by atoms with Crippen molar-refractivity contribution in [3.63, 3.8) is 0 Å². The van der Waals surface area contributed by atoms with E-state index in [1.165, 1.54) is 0 Å². The Morgan fingerprint density at radius 3 is 2.73 bits per heavy atom. The fourth-order valence-corrected chi connectivity index (χ4v) is 2.97. The molecular formula is C20H20N4O2. The second kappa shape index (κ2) is 6.92. The van der Waals surface area contributed by atoms with E-state index >= 15 is 0 Å². The predicted octanol–water partition coefficient (Wildman–Crippen LogP) is 4.07. The first-order valence-corrected chi connectivity index (χ1v) is 8.43. The molecule has 26 heavy (non-hydrogen) atoms. The topological polar surface area (TPSA) is 67.2 Å². The van der Waals surface area contributed by atoms with Crippen LogP contribution in [-0.2, 0) is 13.1 Å². The van der Waals surface area contributed by atoms with Gasteiger partial charge in [-0.05, 0) is 42.3 Å². The minimum absolute atomic E-state index is 0.607. The lowest BCUT2D eigenvalue weighted by atomic mass is 10.1. The number of aryl methyl sites for hydroxylation is 1. The molecule has 0 aliphatic carbocycles. The van der Waals surface area contributed by atoms with Crippen molar-refractivity contribution in [2.45, 2.75) is 20.0 Å². The molecule has 132 valence electrons. The molecule has 0 saturated carbocycles. The van der Waals surface area contributed by atoms with Gasteiger partial charge in [-0.15, -0.1) is 0 Å². The maximum absolute atomic E-state index is 5.66. The molecule has 4 rings (SSSR count). The molecule has 4 aromatic rings. The van der Waals surface area contributed by atoms with E-state index in [1.807, 2.05) is 31.2 Å². The third kappa shape index (κ3) is 3.39. The van der Waals surface area contributed by atoms with Crippen molar-refractivity contribution in [1.29, 1.82) is 0 Å². The van der Waals surface area contributed by atoms with Gasteiger partial charge in [0.2, 0.25) is 0 Å². The molecule has 0 radical (unpaired) electrons. The number of methoxy groups -OCH3 is 1. The van der Waals surface area contributed by atoms with Gasteiger partial charge in [-0.25, -0.2) is 4.98 Å². The van der Waals surface area contributed by atoms with Crippen molar-refractivity contribution in [2.75, 3.05) is 12.0 Å². The van der Waals surface area contributed by atoms with Gasteiger partial charge in [-0.3, -0.25) is 0 Å². The number of hydrogen-bond donors (Lipinski definition) is 1. The second-order valence-corrected chi connectivity index (χ2v) is 6.23. The summed E-state index contributed by atoms with van der Waals surface area (Å²) in [6.45, 7) is 3.26. The maximum Gasteiger partial charge on any atom is 0.298 e. The third-order valence-corrected chi connectivity index (χ3v) is 4.24. The van der Waals surface area contributed by atoms with Crippen LogP contribution in [0, 0.1) is 6.92 Å². The Hall–Kier alpha value is -3.28. The lowest BCUT2D eigenvalue weighted by molar-refractivity contribution is 0.414. The monoisotopic (exact) mass is 348 g/mol. The molecule has 0 unspecified atom stereocenters. The standard InChI is InChI=1S/C20H20N4O2/c1-14-12-26-20(23-14)24(10-15-4-3-5-17(8-15)25-2)11-16-6-7-18-19(9-16)22-13-21-18/h3-9,12-13H,10-11H2,1-2H3,(H,21,22). The Labute approximate surface area is 151 Å². The number of rotatable bonds is 6. The lowest BCUT2D eigenvalue weighted by Gasteiger charge is -2.21. The van der Waals surface area contributed by atoms with Crippen LogP contribution >= 0.6 is 0 Å². The maximum atomic E-state index is 5.66. The van der Waals surface area contributed by atoms with Crippen LogP contribution < -0.4 is 9.64 Å².